The van der Waals surface area contributed by atoms with E-state index in [4.69, 9.17) is 0 Å². The Morgan fingerprint density at radius 2 is 2.04 bits per heavy atom. The molecule has 0 saturated carbocycles. The number of benzene rings is 2. The maximum Gasteiger partial charge on any atom is 0.251 e. The summed E-state index contributed by atoms with van der Waals surface area (Å²) in [5.74, 6) is 0.484. The minimum absolute atomic E-state index is 0.0316. The summed E-state index contributed by atoms with van der Waals surface area (Å²) in [6.07, 6.45) is 4.13. The second kappa shape index (κ2) is 8.18. The number of amides is 1. The molecule has 0 spiro atoms. The van der Waals surface area contributed by atoms with Gasteiger partial charge >= 0.3 is 0 Å². The van der Waals surface area contributed by atoms with Crippen LogP contribution < -0.4 is 10.6 Å². The lowest BCUT2D eigenvalue weighted by atomic mass is 9.99. The average Bonchev–Trinajstić information content (AvgIpc) is 3.23. The summed E-state index contributed by atoms with van der Waals surface area (Å²) < 4.78 is 1.87. The van der Waals surface area contributed by atoms with Gasteiger partial charge in [-0.2, -0.15) is 5.10 Å². The number of piperidine rings is 1. The van der Waals surface area contributed by atoms with E-state index in [1.807, 2.05) is 53.2 Å². The van der Waals surface area contributed by atoms with Gasteiger partial charge in [0.15, 0.2) is 0 Å². The second-order valence-corrected chi connectivity index (χ2v) is 6.97. The third-order valence-corrected chi connectivity index (χ3v) is 5.02. The fourth-order valence-electron chi connectivity index (χ4n) is 3.55. The van der Waals surface area contributed by atoms with Crippen LogP contribution in [0.15, 0.2) is 66.9 Å². The lowest BCUT2D eigenvalue weighted by Crippen LogP contribution is -2.38. The van der Waals surface area contributed by atoms with Gasteiger partial charge in [0.2, 0.25) is 0 Å². The Hall–Kier alpha value is -2.92. The summed E-state index contributed by atoms with van der Waals surface area (Å²) >= 11 is 0. The van der Waals surface area contributed by atoms with E-state index < -0.39 is 0 Å². The smallest absolute Gasteiger partial charge is 0.251 e. The summed E-state index contributed by atoms with van der Waals surface area (Å²) in [6.45, 7) is 2.78. The molecule has 1 saturated heterocycles. The molecule has 2 aromatic carbocycles. The third kappa shape index (κ3) is 4.09. The van der Waals surface area contributed by atoms with E-state index in [1.165, 1.54) is 12.8 Å². The van der Waals surface area contributed by atoms with Crippen molar-refractivity contribution in [3.63, 3.8) is 0 Å². The van der Waals surface area contributed by atoms with E-state index in [0.717, 1.165) is 30.0 Å². The van der Waals surface area contributed by atoms with Crippen LogP contribution in [0, 0.1) is 5.92 Å². The molecular formula is C22H24N4O. The predicted molar refractivity (Wildman–Crippen MR) is 107 cm³/mol. The monoisotopic (exact) mass is 360 g/mol. The number of hydrogen-bond acceptors (Lipinski definition) is 3. The molecule has 5 nitrogen and oxygen atoms in total. The van der Waals surface area contributed by atoms with Crippen LogP contribution >= 0.6 is 0 Å². The Labute approximate surface area is 159 Å². The molecule has 0 aliphatic carbocycles. The van der Waals surface area contributed by atoms with Crippen molar-refractivity contribution in [1.82, 2.24) is 20.4 Å². The molecule has 1 atom stereocenters. The minimum Gasteiger partial charge on any atom is -0.352 e. The van der Waals surface area contributed by atoms with E-state index >= 15 is 0 Å². The molecule has 5 heteroatoms. The van der Waals surface area contributed by atoms with Crippen LogP contribution in [0.3, 0.4) is 0 Å². The molecule has 1 fully saturated rings. The van der Waals surface area contributed by atoms with E-state index in [1.54, 1.807) is 6.20 Å². The van der Waals surface area contributed by atoms with Crippen LogP contribution in [-0.2, 0) is 0 Å². The largest absolute Gasteiger partial charge is 0.352 e. The molecule has 1 aliphatic rings. The minimum atomic E-state index is -0.0316. The molecular weight excluding hydrogens is 336 g/mol. The van der Waals surface area contributed by atoms with Gasteiger partial charge in [0.05, 0.1) is 17.6 Å². The molecule has 138 valence electrons. The molecule has 4 rings (SSSR count). The van der Waals surface area contributed by atoms with Crippen molar-refractivity contribution >= 4 is 5.91 Å². The summed E-state index contributed by atoms with van der Waals surface area (Å²) in [5.41, 5.74) is 3.63. The first kappa shape index (κ1) is 17.5. The van der Waals surface area contributed by atoms with E-state index in [2.05, 4.69) is 27.9 Å². The van der Waals surface area contributed by atoms with Crippen molar-refractivity contribution < 1.29 is 4.79 Å². The van der Waals surface area contributed by atoms with Crippen molar-refractivity contribution in [2.24, 2.45) is 5.92 Å². The van der Waals surface area contributed by atoms with Crippen LogP contribution in [0.2, 0.25) is 0 Å². The fraction of sp³-hybridized carbons (Fsp3) is 0.273. The lowest BCUT2D eigenvalue weighted by Gasteiger charge is -2.22. The van der Waals surface area contributed by atoms with Gasteiger partial charge in [0, 0.05) is 17.7 Å². The molecule has 2 heterocycles. The molecule has 27 heavy (non-hydrogen) atoms. The molecule has 1 unspecified atom stereocenters. The van der Waals surface area contributed by atoms with Gasteiger partial charge < -0.3 is 10.6 Å². The van der Waals surface area contributed by atoms with Crippen LogP contribution in [0.4, 0.5) is 0 Å². The molecule has 1 aromatic heterocycles. The SMILES string of the molecule is O=C(NCC1CCCNC1)c1cccc(-n2nccc2-c2ccccc2)c1. The summed E-state index contributed by atoms with van der Waals surface area (Å²) in [5, 5.41) is 10.9. The number of carbonyl (C=O) groups excluding carboxylic acids is 1. The number of nitrogens with one attached hydrogen (secondary N) is 2. The van der Waals surface area contributed by atoms with E-state index in [0.29, 0.717) is 18.0 Å². The lowest BCUT2D eigenvalue weighted by molar-refractivity contribution is 0.0945. The first-order chi connectivity index (χ1) is 13.3. The summed E-state index contributed by atoms with van der Waals surface area (Å²) in [4.78, 5) is 12.6. The van der Waals surface area contributed by atoms with Crippen molar-refractivity contribution in [2.75, 3.05) is 19.6 Å². The quantitative estimate of drug-likeness (QED) is 0.734. The Bertz CT molecular complexity index is 897. The van der Waals surface area contributed by atoms with Crippen molar-refractivity contribution in [3.8, 4) is 16.9 Å². The van der Waals surface area contributed by atoms with Gasteiger partial charge in [-0.3, -0.25) is 4.79 Å². The number of aromatic nitrogens is 2. The first-order valence-corrected chi connectivity index (χ1v) is 9.50. The van der Waals surface area contributed by atoms with E-state index in [9.17, 15) is 4.79 Å². The van der Waals surface area contributed by atoms with Gasteiger partial charge in [0.25, 0.3) is 5.91 Å². The van der Waals surface area contributed by atoms with Crippen LogP contribution in [0.1, 0.15) is 23.2 Å². The topological polar surface area (TPSA) is 59.0 Å². The van der Waals surface area contributed by atoms with Gasteiger partial charge in [0.1, 0.15) is 0 Å². The Kier molecular flexibility index (Phi) is 5.30. The number of nitrogens with zero attached hydrogens (tertiary/aromatic N) is 2. The number of rotatable bonds is 5. The third-order valence-electron chi connectivity index (χ3n) is 5.02. The standard InChI is InChI=1S/C22H24N4O/c27-22(24-16-17-6-5-12-23-15-17)19-9-4-10-20(14-19)26-21(11-13-25-26)18-7-2-1-3-8-18/h1-4,7-11,13-14,17,23H,5-6,12,15-16H2,(H,24,27). The van der Waals surface area contributed by atoms with Crippen molar-refractivity contribution in [2.45, 2.75) is 12.8 Å². The Morgan fingerprint density at radius 3 is 2.85 bits per heavy atom. The predicted octanol–water partition coefficient (Wildman–Crippen LogP) is 3.27. The zero-order valence-corrected chi connectivity index (χ0v) is 15.3. The zero-order chi connectivity index (χ0) is 18.5. The second-order valence-electron chi connectivity index (χ2n) is 6.97. The van der Waals surface area contributed by atoms with Crippen molar-refractivity contribution in [1.29, 1.82) is 0 Å². The summed E-state index contributed by atoms with van der Waals surface area (Å²) in [6, 6.07) is 19.7. The maximum atomic E-state index is 12.6. The normalized spacial score (nSPS) is 16.8. The van der Waals surface area contributed by atoms with Gasteiger partial charge in [-0.25, -0.2) is 4.68 Å². The van der Waals surface area contributed by atoms with Crippen LogP contribution in [0.25, 0.3) is 16.9 Å². The molecule has 3 aromatic rings. The summed E-state index contributed by atoms with van der Waals surface area (Å²) in [7, 11) is 0. The zero-order valence-electron chi connectivity index (χ0n) is 15.3. The first-order valence-electron chi connectivity index (χ1n) is 9.50. The molecule has 1 aliphatic heterocycles. The number of hydrogen-bond donors (Lipinski definition) is 2. The average molecular weight is 360 g/mol. The van der Waals surface area contributed by atoms with E-state index in [-0.39, 0.29) is 5.91 Å². The Balaban J connectivity index is 1.51. The highest BCUT2D eigenvalue weighted by Crippen LogP contribution is 2.22. The highest BCUT2D eigenvalue weighted by atomic mass is 16.1. The fourth-order valence-corrected chi connectivity index (χ4v) is 3.55. The molecule has 0 bridgehead atoms. The molecule has 1 amide bonds. The van der Waals surface area contributed by atoms with Crippen LogP contribution in [-0.4, -0.2) is 35.3 Å². The highest BCUT2D eigenvalue weighted by molar-refractivity contribution is 5.94. The Morgan fingerprint density at radius 1 is 1.15 bits per heavy atom. The van der Waals surface area contributed by atoms with Crippen molar-refractivity contribution in [3.05, 3.63) is 72.4 Å². The van der Waals surface area contributed by atoms with Gasteiger partial charge in [-0.05, 0) is 56.1 Å². The highest BCUT2D eigenvalue weighted by Gasteiger charge is 2.15. The van der Waals surface area contributed by atoms with Crippen LogP contribution in [0.5, 0.6) is 0 Å². The molecule has 0 radical (unpaired) electrons. The van der Waals surface area contributed by atoms with Gasteiger partial charge in [-0.15, -0.1) is 0 Å². The number of carbonyl (C=O) groups is 1. The molecule has 2 N–H and O–H groups in total. The van der Waals surface area contributed by atoms with Gasteiger partial charge in [-0.1, -0.05) is 36.4 Å². The maximum absolute atomic E-state index is 12.6.